The summed E-state index contributed by atoms with van der Waals surface area (Å²) >= 11 is 0. The molecule has 0 amide bonds. The van der Waals surface area contributed by atoms with Crippen LogP contribution < -0.4 is 10.4 Å². The number of likely N-dealkylation sites (N-methyl/N-ethyl adjacent to an activating group) is 1. The smallest absolute Gasteiger partial charge is 0.326 e. The lowest BCUT2D eigenvalue weighted by atomic mass is 10.2. The Labute approximate surface area is 111 Å². The number of ether oxygens (including phenoxy) is 1. The van der Waals surface area contributed by atoms with Crippen molar-refractivity contribution in [2.45, 2.75) is 19.4 Å². The monoisotopic (exact) mass is 261 g/mol. The van der Waals surface area contributed by atoms with E-state index in [0.29, 0.717) is 0 Å². The molecule has 1 aromatic carbocycles. The Kier molecular flexibility index (Phi) is 3.06. The minimum Gasteiger partial charge on any atom is -0.497 e. The first-order valence-electron chi connectivity index (χ1n) is 6.73. The number of benzene rings is 1. The fourth-order valence-corrected chi connectivity index (χ4v) is 2.90. The van der Waals surface area contributed by atoms with Crippen molar-refractivity contribution in [3.05, 3.63) is 28.7 Å². The summed E-state index contributed by atoms with van der Waals surface area (Å²) in [5, 5.41) is 0. The van der Waals surface area contributed by atoms with E-state index in [1.807, 2.05) is 22.8 Å². The molecule has 0 bridgehead atoms. The van der Waals surface area contributed by atoms with Gasteiger partial charge < -0.3 is 14.6 Å². The van der Waals surface area contributed by atoms with E-state index in [1.165, 1.54) is 0 Å². The summed E-state index contributed by atoms with van der Waals surface area (Å²) in [6.07, 6.45) is 1.03. The lowest BCUT2D eigenvalue weighted by molar-refractivity contribution is 0.341. The number of fused-ring (bicyclic) bond motifs is 1. The summed E-state index contributed by atoms with van der Waals surface area (Å²) in [6.45, 7) is 5.20. The molecule has 1 unspecified atom stereocenters. The molecule has 1 atom stereocenters. The SMILES string of the molecule is CCN1CCC(n2c(=O)[nH]c3ccc(OC)cc32)C1. The number of H-pyrrole nitrogens is 1. The fourth-order valence-electron chi connectivity index (χ4n) is 2.90. The molecule has 2 heterocycles. The zero-order chi connectivity index (χ0) is 13.4. The highest BCUT2D eigenvalue weighted by molar-refractivity contribution is 5.77. The van der Waals surface area contributed by atoms with Gasteiger partial charge in [-0.05, 0) is 25.1 Å². The summed E-state index contributed by atoms with van der Waals surface area (Å²) in [6, 6.07) is 5.96. The van der Waals surface area contributed by atoms with Gasteiger partial charge in [-0.2, -0.15) is 0 Å². The maximum atomic E-state index is 12.2. The zero-order valence-electron chi connectivity index (χ0n) is 11.3. The molecular formula is C14H19N3O2. The molecular weight excluding hydrogens is 242 g/mol. The summed E-state index contributed by atoms with van der Waals surface area (Å²) in [7, 11) is 1.64. The summed E-state index contributed by atoms with van der Waals surface area (Å²) in [4.78, 5) is 17.5. The largest absolute Gasteiger partial charge is 0.497 e. The average molecular weight is 261 g/mol. The summed E-state index contributed by atoms with van der Waals surface area (Å²) < 4.78 is 7.13. The third-order valence-corrected chi connectivity index (χ3v) is 3.98. The third kappa shape index (κ3) is 2.04. The van der Waals surface area contributed by atoms with Crippen LogP contribution in [-0.2, 0) is 0 Å². The highest BCUT2D eigenvalue weighted by Crippen LogP contribution is 2.25. The van der Waals surface area contributed by atoms with Crippen molar-refractivity contribution < 1.29 is 4.74 Å². The second kappa shape index (κ2) is 4.74. The van der Waals surface area contributed by atoms with E-state index in [-0.39, 0.29) is 11.7 Å². The van der Waals surface area contributed by atoms with Gasteiger partial charge in [-0.25, -0.2) is 4.79 Å². The molecule has 1 saturated heterocycles. The third-order valence-electron chi connectivity index (χ3n) is 3.98. The first-order valence-corrected chi connectivity index (χ1v) is 6.73. The van der Waals surface area contributed by atoms with Gasteiger partial charge in [0.15, 0.2) is 0 Å². The number of hydrogen-bond donors (Lipinski definition) is 1. The molecule has 1 aromatic heterocycles. The zero-order valence-corrected chi connectivity index (χ0v) is 11.3. The van der Waals surface area contributed by atoms with Gasteiger partial charge >= 0.3 is 5.69 Å². The Morgan fingerprint density at radius 2 is 2.32 bits per heavy atom. The van der Waals surface area contributed by atoms with Gasteiger partial charge in [0.05, 0.1) is 24.2 Å². The van der Waals surface area contributed by atoms with Crippen molar-refractivity contribution in [1.82, 2.24) is 14.5 Å². The van der Waals surface area contributed by atoms with Crippen LogP contribution in [0.25, 0.3) is 11.0 Å². The lowest BCUT2D eigenvalue weighted by Gasteiger charge is -2.14. The van der Waals surface area contributed by atoms with Crippen molar-refractivity contribution in [2.24, 2.45) is 0 Å². The van der Waals surface area contributed by atoms with Gasteiger partial charge in [0.1, 0.15) is 5.75 Å². The van der Waals surface area contributed by atoms with Crippen molar-refractivity contribution in [1.29, 1.82) is 0 Å². The Hall–Kier alpha value is -1.75. The second-order valence-electron chi connectivity index (χ2n) is 5.02. The predicted octanol–water partition coefficient (Wildman–Crippen LogP) is 1.60. The van der Waals surface area contributed by atoms with Gasteiger partial charge in [-0.3, -0.25) is 4.57 Å². The normalized spacial score (nSPS) is 20.2. The molecule has 3 rings (SSSR count). The number of nitrogens with one attached hydrogen (secondary N) is 1. The molecule has 2 aromatic rings. The Balaban J connectivity index is 2.07. The van der Waals surface area contributed by atoms with E-state index >= 15 is 0 Å². The molecule has 1 N–H and O–H groups in total. The molecule has 19 heavy (non-hydrogen) atoms. The van der Waals surface area contributed by atoms with Gasteiger partial charge in [0.25, 0.3) is 0 Å². The van der Waals surface area contributed by atoms with Crippen LogP contribution in [0.1, 0.15) is 19.4 Å². The molecule has 5 nitrogen and oxygen atoms in total. The molecule has 0 spiro atoms. The van der Waals surface area contributed by atoms with Crippen LogP contribution in [0.15, 0.2) is 23.0 Å². The van der Waals surface area contributed by atoms with Crippen LogP contribution in [0, 0.1) is 0 Å². The van der Waals surface area contributed by atoms with E-state index in [2.05, 4.69) is 16.8 Å². The lowest BCUT2D eigenvalue weighted by Crippen LogP contribution is -2.26. The average Bonchev–Trinajstić information content (AvgIpc) is 3.00. The number of methoxy groups -OCH3 is 1. The van der Waals surface area contributed by atoms with Gasteiger partial charge in [-0.15, -0.1) is 0 Å². The number of likely N-dealkylation sites (tertiary alicyclic amines) is 1. The van der Waals surface area contributed by atoms with Crippen LogP contribution in [0.4, 0.5) is 0 Å². The topological polar surface area (TPSA) is 50.3 Å². The summed E-state index contributed by atoms with van der Waals surface area (Å²) in [5.41, 5.74) is 1.79. The second-order valence-corrected chi connectivity index (χ2v) is 5.02. The Bertz CT molecular complexity index is 644. The number of aromatic nitrogens is 2. The van der Waals surface area contributed by atoms with E-state index in [1.54, 1.807) is 7.11 Å². The summed E-state index contributed by atoms with van der Waals surface area (Å²) in [5.74, 6) is 0.783. The maximum Gasteiger partial charge on any atom is 0.326 e. The minimum atomic E-state index is -0.0220. The standard InChI is InChI=1S/C14H19N3O2/c1-3-16-7-6-10(9-16)17-13-8-11(19-2)4-5-12(13)15-14(17)18/h4-5,8,10H,3,6-7,9H2,1-2H3,(H,15,18). The molecule has 1 fully saturated rings. The molecule has 102 valence electrons. The maximum absolute atomic E-state index is 12.2. The number of nitrogens with zero attached hydrogens (tertiary/aromatic N) is 2. The van der Waals surface area contributed by atoms with Crippen LogP contribution >= 0.6 is 0 Å². The number of imidazole rings is 1. The first kappa shape index (κ1) is 12.3. The van der Waals surface area contributed by atoms with Crippen molar-refractivity contribution in [3.63, 3.8) is 0 Å². The first-order chi connectivity index (χ1) is 9.22. The van der Waals surface area contributed by atoms with E-state index in [9.17, 15) is 4.79 Å². The highest BCUT2D eigenvalue weighted by atomic mass is 16.5. The Morgan fingerprint density at radius 1 is 1.47 bits per heavy atom. The minimum absolute atomic E-state index is 0.0220. The van der Waals surface area contributed by atoms with Crippen molar-refractivity contribution >= 4 is 11.0 Å². The Morgan fingerprint density at radius 3 is 3.00 bits per heavy atom. The van der Waals surface area contributed by atoms with Gasteiger partial charge in [-0.1, -0.05) is 6.92 Å². The van der Waals surface area contributed by atoms with Gasteiger partial charge in [0, 0.05) is 19.2 Å². The quantitative estimate of drug-likeness (QED) is 0.913. The van der Waals surface area contributed by atoms with E-state index < -0.39 is 0 Å². The van der Waals surface area contributed by atoms with Crippen LogP contribution in [0.5, 0.6) is 5.75 Å². The number of aromatic amines is 1. The van der Waals surface area contributed by atoms with Gasteiger partial charge in [0.2, 0.25) is 0 Å². The van der Waals surface area contributed by atoms with E-state index in [0.717, 1.165) is 42.8 Å². The van der Waals surface area contributed by atoms with Crippen LogP contribution in [0.3, 0.4) is 0 Å². The molecule has 0 aliphatic carbocycles. The number of rotatable bonds is 3. The van der Waals surface area contributed by atoms with E-state index in [4.69, 9.17) is 4.74 Å². The van der Waals surface area contributed by atoms with Crippen molar-refractivity contribution in [2.75, 3.05) is 26.7 Å². The molecule has 1 aliphatic rings. The molecule has 1 aliphatic heterocycles. The number of hydrogen-bond acceptors (Lipinski definition) is 3. The van der Waals surface area contributed by atoms with Crippen LogP contribution in [-0.4, -0.2) is 41.2 Å². The van der Waals surface area contributed by atoms with Crippen molar-refractivity contribution in [3.8, 4) is 5.75 Å². The predicted molar refractivity (Wildman–Crippen MR) is 74.9 cm³/mol. The molecule has 0 saturated carbocycles. The fraction of sp³-hybridized carbons (Fsp3) is 0.500. The van der Waals surface area contributed by atoms with Crippen LogP contribution in [0.2, 0.25) is 0 Å². The molecule has 5 heteroatoms. The highest BCUT2D eigenvalue weighted by Gasteiger charge is 2.25. The molecule has 0 radical (unpaired) electrons.